The minimum absolute atomic E-state index is 0.00829. The van der Waals surface area contributed by atoms with E-state index in [0.29, 0.717) is 37.1 Å². The lowest BCUT2D eigenvalue weighted by Crippen LogP contribution is -2.46. The topological polar surface area (TPSA) is 424 Å². The molecule has 0 spiro atoms. The maximum Gasteiger partial charge on any atom is 0.302 e. The summed E-state index contributed by atoms with van der Waals surface area (Å²) in [5.74, 6) is -0.709. The maximum atomic E-state index is 12.9. The van der Waals surface area contributed by atoms with Crippen molar-refractivity contribution < 1.29 is 50.5 Å². The lowest BCUT2D eigenvalue weighted by molar-refractivity contribution is -0.130. The van der Waals surface area contributed by atoms with Crippen molar-refractivity contribution in [2.24, 2.45) is 62.2 Å². The summed E-state index contributed by atoms with van der Waals surface area (Å²) in [6.45, 7) is 12.9. The van der Waals surface area contributed by atoms with Crippen LogP contribution in [-0.2, 0) is 40.8 Å². The molecule has 0 saturated heterocycles. The molecule has 71 heavy (non-hydrogen) atoms. The van der Waals surface area contributed by atoms with E-state index >= 15 is 0 Å². The molecule has 18 N–H and O–H groups in total. The molecule has 0 bridgehead atoms. The van der Waals surface area contributed by atoms with E-state index in [9.17, 15) is 36.3 Å². The van der Waals surface area contributed by atoms with E-state index in [-0.39, 0.29) is 75.5 Å². The van der Waals surface area contributed by atoms with E-state index < -0.39 is 66.2 Å². The number of sulfonamides is 2. The van der Waals surface area contributed by atoms with Crippen molar-refractivity contribution in [3.05, 3.63) is 51.8 Å². The summed E-state index contributed by atoms with van der Waals surface area (Å²) in [6.07, 6.45) is 1.56. The number of aliphatic hydroxyl groups excluding tert-OH is 1. The third kappa shape index (κ3) is 19.3. The highest BCUT2D eigenvalue weighted by molar-refractivity contribution is 7.90. The molecule has 1 aromatic heterocycles. The van der Waals surface area contributed by atoms with Crippen LogP contribution in [0.15, 0.2) is 45.1 Å². The zero-order valence-electron chi connectivity index (χ0n) is 41.0. The Morgan fingerprint density at radius 3 is 2.15 bits per heavy atom. The van der Waals surface area contributed by atoms with Gasteiger partial charge in [0.25, 0.3) is 0 Å². The number of primary sulfonamides is 1. The summed E-state index contributed by atoms with van der Waals surface area (Å²) in [6, 6.07) is 7.62. The number of amides is 3. The van der Waals surface area contributed by atoms with Gasteiger partial charge in [-0.1, -0.05) is 57.0 Å². The monoisotopic (exact) mass is 1080 g/mol. The molecule has 24 nitrogen and oxygen atoms in total. The smallest absolute Gasteiger partial charge is 0.302 e. The SMILES string of the molecule is COCCCOc1cc(C[C@@H](C[C@H](N)[C@@H](O)C[C@H](C(=O)NCC(C)(C)C(N)=O)C(C)C)C(C)C)ccc1OC.NC(N)=NC(=O)c1nc(Cl)c(N)nc1N.NS(=O)(=O)c1cc2c(cc1Cl)NCNS2(=O)=O. The van der Waals surface area contributed by atoms with Crippen LogP contribution in [0.3, 0.4) is 0 Å². The number of guanidine groups is 1. The van der Waals surface area contributed by atoms with E-state index in [1.807, 2.05) is 32.0 Å². The number of halogens is 2. The molecule has 0 aliphatic carbocycles. The van der Waals surface area contributed by atoms with E-state index in [2.05, 4.69) is 44.2 Å². The number of aliphatic hydroxyl groups is 1. The van der Waals surface area contributed by atoms with Gasteiger partial charge in [-0.25, -0.2) is 31.9 Å². The van der Waals surface area contributed by atoms with E-state index in [1.165, 1.54) is 6.07 Å². The van der Waals surface area contributed by atoms with Gasteiger partial charge < -0.3 is 64.4 Å². The van der Waals surface area contributed by atoms with Crippen LogP contribution in [0.5, 0.6) is 11.5 Å². The Kier molecular flexibility index (Phi) is 23.9. The zero-order chi connectivity index (χ0) is 54.2. The molecule has 0 fully saturated rings. The van der Waals surface area contributed by atoms with Gasteiger partial charge in [0, 0.05) is 38.6 Å². The number of primary amides is 1. The molecule has 398 valence electrons. The Hall–Kier alpha value is -5.32. The molecule has 2 aromatic carbocycles. The maximum absolute atomic E-state index is 12.9. The van der Waals surface area contributed by atoms with Gasteiger partial charge in [0.15, 0.2) is 39.9 Å². The van der Waals surface area contributed by atoms with Crippen LogP contribution in [0.25, 0.3) is 0 Å². The first-order valence-electron chi connectivity index (χ1n) is 22.0. The summed E-state index contributed by atoms with van der Waals surface area (Å²) < 4.78 is 64.4. The minimum Gasteiger partial charge on any atom is -0.493 e. The number of aromatic nitrogens is 2. The Morgan fingerprint density at radius 1 is 0.958 bits per heavy atom. The fourth-order valence-corrected chi connectivity index (χ4v) is 8.99. The molecule has 4 rings (SSSR count). The summed E-state index contributed by atoms with van der Waals surface area (Å²) >= 11 is 11.3. The molecular weight excluding hydrogens is 1010 g/mol. The highest BCUT2D eigenvalue weighted by Gasteiger charge is 2.32. The Morgan fingerprint density at radius 2 is 1.61 bits per heavy atom. The van der Waals surface area contributed by atoms with Crippen molar-refractivity contribution >= 4 is 84.3 Å². The van der Waals surface area contributed by atoms with Crippen LogP contribution in [-0.4, -0.2) is 108 Å². The lowest BCUT2D eigenvalue weighted by Gasteiger charge is -2.30. The fourth-order valence-electron chi connectivity index (χ4n) is 6.58. The number of anilines is 3. The van der Waals surface area contributed by atoms with Gasteiger partial charge >= 0.3 is 5.91 Å². The first-order valence-corrected chi connectivity index (χ1v) is 25.8. The molecule has 1 aliphatic rings. The molecule has 0 saturated carbocycles. The Labute approximate surface area is 425 Å². The standard InChI is InChI=1S/C30H53N3O6.C7H8ClN3O4S2.C6H8ClN7O/c1-19(2)22(14-21-10-11-26(38-8)27(15-21)39-13-9-12-37-7)16-24(31)25(34)17-23(20(3)4)28(35)33-18-30(5,6)29(32)36;8-4-1-5-7(2-6(4)16(9,12)13)17(14,15)11-3-10-5;7-2-4(9)13-3(8)1(12-2)5(15)14-6(10)11/h10-11,15,19-20,22-25,34H,9,12-14,16-18,31H2,1-8H3,(H2,32,36)(H,33,35);1-2,10-11H,3H2,(H2,9,12,13);(H4,8,9,13)(H4,10,11,14,15)/t22-,23-,24-,25-;;/m0../s1. The molecule has 0 unspecified atom stereocenters. The predicted octanol–water partition coefficient (Wildman–Crippen LogP) is 1.65. The molecule has 2 heterocycles. The van der Waals surface area contributed by atoms with Crippen molar-refractivity contribution in [3.63, 3.8) is 0 Å². The number of nitrogens with two attached hydrogens (primary N) is 7. The van der Waals surface area contributed by atoms with Crippen LogP contribution in [0.1, 0.15) is 76.9 Å². The first kappa shape index (κ1) is 61.8. The van der Waals surface area contributed by atoms with E-state index in [0.717, 1.165) is 24.5 Å². The third-order valence-electron chi connectivity index (χ3n) is 11.0. The van der Waals surface area contributed by atoms with Crippen molar-refractivity contribution in [3.8, 4) is 11.5 Å². The summed E-state index contributed by atoms with van der Waals surface area (Å²) in [4.78, 5) is 45.7. The number of hydrogen-bond donors (Lipinski definition) is 11. The van der Waals surface area contributed by atoms with E-state index in [1.54, 1.807) is 28.1 Å². The van der Waals surface area contributed by atoms with Gasteiger partial charge in [0.2, 0.25) is 31.9 Å². The Balaban J connectivity index is 0.000000437. The van der Waals surface area contributed by atoms with Crippen molar-refractivity contribution in [2.45, 2.75) is 89.2 Å². The number of aliphatic imine (C=N–C) groups is 1. The van der Waals surface area contributed by atoms with E-state index in [4.69, 9.17) is 77.0 Å². The fraction of sp³-hybridized carbons (Fsp3) is 0.535. The van der Waals surface area contributed by atoms with Gasteiger partial charge in [0.05, 0.1) is 42.6 Å². The van der Waals surface area contributed by atoms with Crippen molar-refractivity contribution in [1.82, 2.24) is 20.0 Å². The average molecular weight is 1080 g/mol. The van der Waals surface area contributed by atoms with Gasteiger partial charge in [-0.2, -0.15) is 9.71 Å². The number of hydrogen-bond acceptors (Lipinski definition) is 17. The van der Waals surface area contributed by atoms with Crippen LogP contribution < -0.4 is 64.4 Å². The number of nitrogen functional groups attached to an aromatic ring is 2. The van der Waals surface area contributed by atoms with Gasteiger partial charge in [-0.3, -0.25) is 14.4 Å². The number of nitrogens with zero attached hydrogens (tertiary/aromatic N) is 3. The van der Waals surface area contributed by atoms with Gasteiger partial charge in [-0.05, 0) is 80.7 Å². The number of methoxy groups -OCH3 is 2. The lowest BCUT2D eigenvalue weighted by atomic mass is 9.80. The molecule has 1 aliphatic heterocycles. The van der Waals surface area contributed by atoms with Crippen molar-refractivity contribution in [1.29, 1.82) is 0 Å². The van der Waals surface area contributed by atoms with Crippen LogP contribution in [0.4, 0.5) is 17.3 Å². The summed E-state index contributed by atoms with van der Waals surface area (Å²) in [7, 11) is -4.51. The quantitative estimate of drug-likeness (QED) is 0.0410. The summed E-state index contributed by atoms with van der Waals surface area (Å²) in [5.41, 5.74) is 32.9. The number of rotatable bonds is 21. The predicted molar refractivity (Wildman–Crippen MR) is 272 cm³/mol. The molecule has 3 amide bonds. The van der Waals surface area contributed by atoms with Crippen LogP contribution in [0, 0.1) is 29.1 Å². The number of benzene rings is 2. The number of nitrogens with one attached hydrogen (secondary N) is 3. The van der Waals surface area contributed by atoms with Gasteiger partial charge in [0.1, 0.15) is 9.79 Å². The molecular formula is C43H69Cl2N13O11S2. The van der Waals surface area contributed by atoms with Crippen molar-refractivity contribution in [2.75, 3.05) is 57.4 Å². The van der Waals surface area contributed by atoms with Gasteiger partial charge in [-0.15, -0.1) is 0 Å². The highest BCUT2D eigenvalue weighted by atomic mass is 35.5. The number of fused-ring (bicyclic) bond motifs is 1. The molecule has 3 aromatic rings. The Bertz CT molecular complexity index is 2570. The number of carbonyl (C=O) groups is 3. The zero-order valence-corrected chi connectivity index (χ0v) is 44.1. The number of ether oxygens (including phenoxy) is 3. The first-order chi connectivity index (χ1) is 32.9. The summed E-state index contributed by atoms with van der Waals surface area (Å²) in [5, 5.41) is 21.3. The third-order valence-corrected chi connectivity index (χ3v) is 14.1. The number of carbonyl (C=O) groups excluding carboxylic acids is 3. The minimum atomic E-state index is -4.07. The molecule has 28 heteroatoms. The average Bonchev–Trinajstić information content (AvgIpc) is 3.26. The van der Waals surface area contributed by atoms with Crippen LogP contribution >= 0.6 is 23.2 Å². The largest absolute Gasteiger partial charge is 0.493 e. The molecule has 0 radical (unpaired) electrons. The van der Waals surface area contributed by atoms with Crippen LogP contribution in [0.2, 0.25) is 10.2 Å². The highest BCUT2D eigenvalue weighted by Crippen LogP contribution is 2.34. The normalized spacial score (nSPS) is 14.7. The second-order valence-corrected chi connectivity index (χ2v) is 21.7. The second kappa shape index (κ2) is 27.5. The second-order valence-electron chi connectivity index (χ2n) is 17.7. The molecule has 4 atom stereocenters.